The zero-order valence-electron chi connectivity index (χ0n) is 9.99. The Morgan fingerprint density at radius 3 is 2.47 bits per heavy atom. The number of hydrogen-bond donors (Lipinski definition) is 1. The lowest BCUT2D eigenvalue weighted by molar-refractivity contribution is 0.175. The van der Waals surface area contributed by atoms with Gasteiger partial charge in [0.1, 0.15) is 0 Å². The van der Waals surface area contributed by atoms with Gasteiger partial charge in [-0.2, -0.15) is 0 Å². The smallest absolute Gasteiger partial charge is 0.165 e. The van der Waals surface area contributed by atoms with Crippen LogP contribution in [0.5, 0.6) is 5.75 Å². The summed E-state index contributed by atoms with van der Waals surface area (Å²) in [5, 5.41) is 8.90. The van der Waals surface area contributed by atoms with Gasteiger partial charge in [-0.1, -0.05) is 18.9 Å². The Bertz CT molecular complexity index is 357. The first-order valence-corrected chi connectivity index (χ1v) is 6.35. The third kappa shape index (κ3) is 3.43. The van der Waals surface area contributed by atoms with Crippen molar-refractivity contribution in [3.8, 4) is 5.75 Å². The zero-order chi connectivity index (χ0) is 12.1. The van der Waals surface area contributed by atoms with Gasteiger partial charge in [-0.15, -0.1) is 0 Å². The molecule has 0 amide bonds. The molecule has 3 heteroatoms. The fourth-order valence-electron chi connectivity index (χ4n) is 2.28. The largest absolute Gasteiger partial charge is 0.487 e. The van der Waals surface area contributed by atoms with Crippen molar-refractivity contribution in [3.05, 3.63) is 29.6 Å². The third-order valence-corrected chi connectivity index (χ3v) is 3.27. The SMILES string of the molecule is OCc1ccc(OC2CCCCCC2)c(F)c1. The highest BCUT2D eigenvalue weighted by molar-refractivity contribution is 5.29. The Hall–Kier alpha value is -1.09. The predicted octanol–water partition coefficient (Wildman–Crippen LogP) is 3.42. The number of ether oxygens (including phenoxy) is 1. The van der Waals surface area contributed by atoms with Gasteiger partial charge < -0.3 is 9.84 Å². The summed E-state index contributed by atoms with van der Waals surface area (Å²) in [6, 6.07) is 4.66. The summed E-state index contributed by atoms with van der Waals surface area (Å²) in [6.07, 6.45) is 7.02. The minimum atomic E-state index is -0.374. The molecule has 1 N–H and O–H groups in total. The Kier molecular flexibility index (Phi) is 4.37. The van der Waals surface area contributed by atoms with Gasteiger partial charge in [0.15, 0.2) is 11.6 Å². The Morgan fingerprint density at radius 1 is 1.18 bits per heavy atom. The van der Waals surface area contributed by atoms with Crippen LogP contribution in [0.4, 0.5) is 4.39 Å². The van der Waals surface area contributed by atoms with Crippen LogP contribution in [-0.2, 0) is 6.61 Å². The summed E-state index contributed by atoms with van der Waals surface area (Å²) in [7, 11) is 0. The van der Waals surface area contributed by atoms with E-state index in [1.807, 2.05) is 0 Å². The minimum absolute atomic E-state index is 0.138. The van der Waals surface area contributed by atoms with Gasteiger partial charge in [0.05, 0.1) is 12.7 Å². The molecule has 0 bridgehead atoms. The molecule has 1 aliphatic rings. The second-order valence-corrected chi connectivity index (χ2v) is 4.65. The molecule has 0 spiro atoms. The van der Waals surface area contributed by atoms with E-state index in [1.54, 1.807) is 12.1 Å². The molecule has 0 atom stereocenters. The summed E-state index contributed by atoms with van der Waals surface area (Å²) < 4.78 is 19.4. The highest BCUT2D eigenvalue weighted by Gasteiger charge is 2.15. The van der Waals surface area contributed by atoms with E-state index in [4.69, 9.17) is 9.84 Å². The number of rotatable bonds is 3. The van der Waals surface area contributed by atoms with Crippen LogP contribution in [-0.4, -0.2) is 11.2 Å². The number of aliphatic hydroxyl groups excluding tert-OH is 1. The summed E-state index contributed by atoms with van der Waals surface area (Å²) in [5.41, 5.74) is 0.579. The first kappa shape index (κ1) is 12.4. The van der Waals surface area contributed by atoms with Crippen LogP contribution in [0.2, 0.25) is 0 Å². The topological polar surface area (TPSA) is 29.5 Å². The number of benzene rings is 1. The van der Waals surface area contributed by atoms with Crippen molar-refractivity contribution in [1.29, 1.82) is 0 Å². The molecular formula is C14H19FO2. The van der Waals surface area contributed by atoms with Crippen LogP contribution in [0.3, 0.4) is 0 Å². The van der Waals surface area contributed by atoms with Gasteiger partial charge in [-0.3, -0.25) is 0 Å². The summed E-state index contributed by atoms with van der Waals surface area (Å²) in [5.74, 6) is -0.0603. The van der Waals surface area contributed by atoms with E-state index in [0.29, 0.717) is 11.3 Å². The lowest BCUT2D eigenvalue weighted by atomic mass is 10.1. The lowest BCUT2D eigenvalue weighted by Gasteiger charge is -2.17. The average Bonchev–Trinajstić information content (AvgIpc) is 2.60. The van der Waals surface area contributed by atoms with Crippen molar-refractivity contribution in [2.24, 2.45) is 0 Å². The van der Waals surface area contributed by atoms with Gasteiger partial charge in [0.2, 0.25) is 0 Å². The molecule has 0 radical (unpaired) electrons. The maximum atomic E-state index is 13.7. The molecule has 1 saturated carbocycles. The lowest BCUT2D eigenvalue weighted by Crippen LogP contribution is -2.15. The second kappa shape index (κ2) is 6.01. The van der Waals surface area contributed by atoms with Crippen molar-refractivity contribution in [2.45, 2.75) is 51.2 Å². The van der Waals surface area contributed by atoms with E-state index >= 15 is 0 Å². The first-order chi connectivity index (χ1) is 8.29. The average molecular weight is 238 g/mol. The predicted molar refractivity (Wildman–Crippen MR) is 64.4 cm³/mol. The van der Waals surface area contributed by atoms with Crippen molar-refractivity contribution in [1.82, 2.24) is 0 Å². The number of hydrogen-bond acceptors (Lipinski definition) is 2. The van der Waals surface area contributed by atoms with Gasteiger partial charge in [-0.25, -0.2) is 4.39 Å². The molecule has 1 aliphatic carbocycles. The number of halogens is 1. The van der Waals surface area contributed by atoms with Crippen LogP contribution in [0, 0.1) is 5.82 Å². The molecule has 17 heavy (non-hydrogen) atoms. The van der Waals surface area contributed by atoms with Crippen molar-refractivity contribution >= 4 is 0 Å². The first-order valence-electron chi connectivity index (χ1n) is 6.35. The fourth-order valence-corrected chi connectivity index (χ4v) is 2.28. The molecule has 1 aromatic rings. The zero-order valence-corrected chi connectivity index (χ0v) is 9.99. The molecule has 2 nitrogen and oxygen atoms in total. The number of aliphatic hydroxyl groups is 1. The monoisotopic (exact) mass is 238 g/mol. The van der Waals surface area contributed by atoms with E-state index in [0.717, 1.165) is 12.8 Å². The quantitative estimate of drug-likeness (QED) is 0.818. The van der Waals surface area contributed by atoms with E-state index in [-0.39, 0.29) is 18.5 Å². The molecule has 0 saturated heterocycles. The minimum Gasteiger partial charge on any atom is -0.487 e. The van der Waals surface area contributed by atoms with E-state index in [1.165, 1.54) is 31.7 Å². The van der Waals surface area contributed by atoms with Crippen LogP contribution < -0.4 is 4.74 Å². The standard InChI is InChI=1S/C14H19FO2/c15-13-9-11(10-16)7-8-14(13)17-12-5-3-1-2-4-6-12/h7-9,12,16H,1-6,10H2. The van der Waals surface area contributed by atoms with E-state index in [2.05, 4.69) is 0 Å². The molecule has 0 aliphatic heterocycles. The van der Waals surface area contributed by atoms with E-state index in [9.17, 15) is 4.39 Å². The normalized spacial score (nSPS) is 17.8. The van der Waals surface area contributed by atoms with Crippen LogP contribution in [0.1, 0.15) is 44.1 Å². The van der Waals surface area contributed by atoms with Crippen LogP contribution >= 0.6 is 0 Å². The molecule has 1 fully saturated rings. The van der Waals surface area contributed by atoms with E-state index < -0.39 is 0 Å². The molecule has 0 heterocycles. The highest BCUT2D eigenvalue weighted by atomic mass is 19.1. The molecule has 0 aromatic heterocycles. The molecular weight excluding hydrogens is 219 g/mol. The van der Waals surface area contributed by atoms with Crippen LogP contribution in [0.25, 0.3) is 0 Å². The maximum Gasteiger partial charge on any atom is 0.165 e. The van der Waals surface area contributed by atoms with Gasteiger partial charge >= 0.3 is 0 Å². The van der Waals surface area contributed by atoms with Crippen molar-refractivity contribution in [2.75, 3.05) is 0 Å². The van der Waals surface area contributed by atoms with Gasteiger partial charge in [-0.05, 0) is 43.4 Å². The molecule has 1 aromatic carbocycles. The second-order valence-electron chi connectivity index (χ2n) is 4.65. The third-order valence-electron chi connectivity index (χ3n) is 3.27. The molecule has 0 unspecified atom stereocenters. The Balaban J connectivity index is 2.01. The summed E-state index contributed by atoms with van der Waals surface area (Å²) in [6.45, 7) is -0.138. The molecule has 2 rings (SSSR count). The van der Waals surface area contributed by atoms with Crippen molar-refractivity contribution in [3.63, 3.8) is 0 Å². The Labute approximate surface area is 101 Å². The highest BCUT2D eigenvalue weighted by Crippen LogP contribution is 2.25. The van der Waals surface area contributed by atoms with Crippen LogP contribution in [0.15, 0.2) is 18.2 Å². The van der Waals surface area contributed by atoms with Gasteiger partial charge in [0.25, 0.3) is 0 Å². The molecule has 94 valence electrons. The van der Waals surface area contributed by atoms with Gasteiger partial charge in [0, 0.05) is 0 Å². The fraction of sp³-hybridized carbons (Fsp3) is 0.571. The Morgan fingerprint density at radius 2 is 1.88 bits per heavy atom. The maximum absolute atomic E-state index is 13.7. The van der Waals surface area contributed by atoms with Crippen molar-refractivity contribution < 1.29 is 14.2 Å². The summed E-state index contributed by atoms with van der Waals surface area (Å²) >= 11 is 0. The summed E-state index contributed by atoms with van der Waals surface area (Å²) in [4.78, 5) is 0.